The molecule has 0 radical (unpaired) electrons. The monoisotopic (exact) mass is 322 g/mol. The van der Waals surface area contributed by atoms with E-state index in [0.717, 1.165) is 22.1 Å². The summed E-state index contributed by atoms with van der Waals surface area (Å²) in [5.74, 6) is 0.695. The van der Waals surface area contributed by atoms with E-state index in [-0.39, 0.29) is 5.56 Å². The molecule has 0 unspecified atom stereocenters. The van der Waals surface area contributed by atoms with Crippen LogP contribution in [0.15, 0.2) is 53.4 Å². The van der Waals surface area contributed by atoms with Crippen LogP contribution in [0.1, 0.15) is 16.8 Å². The molecule has 2 rings (SSSR count). The molecule has 0 atom stereocenters. The Bertz CT molecular complexity index is 599. The van der Waals surface area contributed by atoms with Gasteiger partial charge in [0.05, 0.1) is 12.2 Å². The van der Waals surface area contributed by atoms with Crippen molar-refractivity contribution in [2.24, 2.45) is 0 Å². The van der Waals surface area contributed by atoms with Crippen molar-refractivity contribution in [2.45, 2.75) is 11.3 Å². The van der Waals surface area contributed by atoms with E-state index in [2.05, 4.69) is 0 Å². The Morgan fingerprint density at radius 2 is 1.95 bits per heavy atom. The maximum absolute atomic E-state index is 10.7. The average Bonchev–Trinajstić information content (AvgIpc) is 2.47. The van der Waals surface area contributed by atoms with Gasteiger partial charge >= 0.3 is 5.97 Å². The van der Waals surface area contributed by atoms with Crippen molar-refractivity contribution >= 4 is 29.3 Å². The molecule has 2 aromatic carbocycles. The Labute approximate surface area is 132 Å². The van der Waals surface area contributed by atoms with Crippen LogP contribution in [0.25, 0.3) is 0 Å². The summed E-state index contributed by atoms with van der Waals surface area (Å²) in [5, 5.41) is 9.54. The summed E-state index contributed by atoms with van der Waals surface area (Å²) in [7, 11) is 0. The molecule has 0 amide bonds. The number of aromatic carboxylic acids is 1. The van der Waals surface area contributed by atoms with Gasteiger partial charge in [-0.05, 0) is 48.9 Å². The lowest BCUT2D eigenvalue weighted by molar-refractivity contribution is 0.0697. The van der Waals surface area contributed by atoms with Gasteiger partial charge in [0, 0.05) is 15.7 Å². The largest absolute Gasteiger partial charge is 0.494 e. The van der Waals surface area contributed by atoms with E-state index in [1.807, 2.05) is 24.3 Å². The quantitative estimate of drug-likeness (QED) is 0.598. The Kier molecular flexibility index (Phi) is 5.96. The van der Waals surface area contributed by atoms with Crippen LogP contribution in [0.3, 0.4) is 0 Å². The normalized spacial score (nSPS) is 10.3. The second kappa shape index (κ2) is 7.96. The third-order valence-electron chi connectivity index (χ3n) is 2.72. The number of hydrogen-bond donors (Lipinski definition) is 1. The molecule has 21 heavy (non-hydrogen) atoms. The van der Waals surface area contributed by atoms with Gasteiger partial charge in [-0.2, -0.15) is 0 Å². The van der Waals surface area contributed by atoms with Crippen molar-refractivity contribution in [1.82, 2.24) is 0 Å². The minimum absolute atomic E-state index is 0.263. The fourth-order valence-corrected chi connectivity index (χ4v) is 2.83. The lowest BCUT2D eigenvalue weighted by Gasteiger charge is -2.06. The fraction of sp³-hybridized carbons (Fsp3) is 0.188. The molecular weight excluding hydrogens is 308 g/mol. The number of benzene rings is 2. The number of rotatable bonds is 7. The Morgan fingerprint density at radius 1 is 1.19 bits per heavy atom. The average molecular weight is 323 g/mol. The highest BCUT2D eigenvalue weighted by Gasteiger charge is 2.02. The van der Waals surface area contributed by atoms with E-state index in [1.165, 1.54) is 0 Å². The molecule has 0 aliphatic carbocycles. The Hall–Kier alpha value is -1.65. The molecule has 5 heteroatoms. The van der Waals surface area contributed by atoms with Crippen molar-refractivity contribution in [2.75, 3.05) is 12.4 Å². The van der Waals surface area contributed by atoms with Crippen LogP contribution < -0.4 is 4.74 Å². The highest BCUT2D eigenvalue weighted by molar-refractivity contribution is 7.99. The molecule has 0 aliphatic rings. The lowest BCUT2D eigenvalue weighted by Crippen LogP contribution is -2.00. The first-order chi connectivity index (χ1) is 10.1. The third-order valence-corrected chi connectivity index (χ3v) is 4.04. The van der Waals surface area contributed by atoms with E-state index in [9.17, 15) is 4.79 Å². The third kappa shape index (κ3) is 5.33. The van der Waals surface area contributed by atoms with Crippen LogP contribution in [0.2, 0.25) is 5.02 Å². The van der Waals surface area contributed by atoms with Gasteiger partial charge in [0.25, 0.3) is 0 Å². The molecular formula is C16H15ClO3S. The summed E-state index contributed by atoms with van der Waals surface area (Å²) in [6, 6.07) is 14.2. The number of carbonyl (C=O) groups is 1. The van der Waals surface area contributed by atoms with Gasteiger partial charge in [0.15, 0.2) is 0 Å². The second-order valence-corrected chi connectivity index (χ2v) is 5.94. The number of carboxylic acid groups (broad SMARTS) is 1. The van der Waals surface area contributed by atoms with Crippen LogP contribution in [0.4, 0.5) is 0 Å². The number of thioether (sulfide) groups is 1. The first kappa shape index (κ1) is 15.7. The summed E-state index contributed by atoms with van der Waals surface area (Å²) >= 11 is 7.65. The maximum atomic E-state index is 10.7. The van der Waals surface area contributed by atoms with E-state index < -0.39 is 5.97 Å². The number of ether oxygens (including phenoxy) is 1. The molecule has 110 valence electrons. The van der Waals surface area contributed by atoms with E-state index in [1.54, 1.807) is 36.0 Å². The summed E-state index contributed by atoms with van der Waals surface area (Å²) < 4.78 is 5.57. The molecule has 3 nitrogen and oxygen atoms in total. The molecule has 1 N–H and O–H groups in total. The highest BCUT2D eigenvalue weighted by Crippen LogP contribution is 2.22. The number of hydrogen-bond acceptors (Lipinski definition) is 3. The van der Waals surface area contributed by atoms with Gasteiger partial charge in [0.2, 0.25) is 0 Å². The summed E-state index contributed by atoms with van der Waals surface area (Å²) in [4.78, 5) is 11.9. The zero-order chi connectivity index (χ0) is 15.1. The predicted molar refractivity (Wildman–Crippen MR) is 85.7 cm³/mol. The van der Waals surface area contributed by atoms with Crippen molar-refractivity contribution in [3.05, 3.63) is 59.1 Å². The summed E-state index contributed by atoms with van der Waals surface area (Å²) in [6.07, 6.45) is 0.901. The molecule has 0 heterocycles. The van der Waals surface area contributed by atoms with Gasteiger partial charge in [0.1, 0.15) is 5.75 Å². The van der Waals surface area contributed by atoms with Gasteiger partial charge in [-0.1, -0.05) is 17.7 Å². The van der Waals surface area contributed by atoms with Crippen molar-refractivity contribution in [3.63, 3.8) is 0 Å². The minimum Gasteiger partial charge on any atom is -0.494 e. The van der Waals surface area contributed by atoms with Crippen LogP contribution in [-0.4, -0.2) is 23.4 Å². The van der Waals surface area contributed by atoms with E-state index >= 15 is 0 Å². The molecule has 0 aliphatic heterocycles. The van der Waals surface area contributed by atoms with Gasteiger partial charge < -0.3 is 9.84 Å². The number of carboxylic acids is 1. The first-order valence-electron chi connectivity index (χ1n) is 6.50. The standard InChI is InChI=1S/C16H15ClO3S/c17-13-3-1-4-15(11-13)21-10-2-9-20-14-7-5-12(6-8-14)16(18)19/h1,3-8,11H,2,9-10H2,(H,18,19). The van der Waals surface area contributed by atoms with Crippen LogP contribution in [-0.2, 0) is 0 Å². The van der Waals surface area contributed by atoms with Crippen molar-refractivity contribution in [3.8, 4) is 5.75 Å². The summed E-state index contributed by atoms with van der Waals surface area (Å²) in [6.45, 7) is 0.597. The van der Waals surface area contributed by atoms with Crippen molar-refractivity contribution < 1.29 is 14.6 Å². The van der Waals surface area contributed by atoms with Gasteiger partial charge in [-0.3, -0.25) is 0 Å². The maximum Gasteiger partial charge on any atom is 0.335 e. The molecule has 0 spiro atoms. The highest BCUT2D eigenvalue weighted by atomic mass is 35.5. The Morgan fingerprint density at radius 3 is 2.62 bits per heavy atom. The fourth-order valence-electron chi connectivity index (χ4n) is 1.69. The smallest absolute Gasteiger partial charge is 0.335 e. The summed E-state index contributed by atoms with van der Waals surface area (Å²) in [5.41, 5.74) is 0.263. The van der Waals surface area contributed by atoms with Crippen molar-refractivity contribution in [1.29, 1.82) is 0 Å². The molecule has 0 aromatic heterocycles. The van der Waals surface area contributed by atoms with Crippen LogP contribution in [0, 0.1) is 0 Å². The molecule has 0 bridgehead atoms. The van der Waals surface area contributed by atoms with Gasteiger partial charge in [-0.15, -0.1) is 11.8 Å². The van der Waals surface area contributed by atoms with E-state index in [4.69, 9.17) is 21.4 Å². The van der Waals surface area contributed by atoms with E-state index in [0.29, 0.717) is 12.4 Å². The predicted octanol–water partition coefficient (Wildman–Crippen LogP) is 4.60. The zero-order valence-electron chi connectivity index (χ0n) is 11.3. The SMILES string of the molecule is O=C(O)c1ccc(OCCCSc2cccc(Cl)c2)cc1. The molecule has 0 saturated heterocycles. The van der Waals surface area contributed by atoms with Crippen LogP contribution >= 0.6 is 23.4 Å². The lowest BCUT2D eigenvalue weighted by atomic mass is 10.2. The molecule has 0 saturated carbocycles. The molecule has 2 aromatic rings. The van der Waals surface area contributed by atoms with Crippen LogP contribution in [0.5, 0.6) is 5.75 Å². The minimum atomic E-state index is -0.931. The zero-order valence-corrected chi connectivity index (χ0v) is 12.9. The van der Waals surface area contributed by atoms with Gasteiger partial charge in [-0.25, -0.2) is 4.79 Å². The Balaban J connectivity index is 1.69. The number of halogens is 1. The molecule has 0 fully saturated rings. The first-order valence-corrected chi connectivity index (χ1v) is 7.86. The second-order valence-electron chi connectivity index (χ2n) is 4.34. The topological polar surface area (TPSA) is 46.5 Å².